The number of para-hydroxylation sites is 2. The summed E-state index contributed by atoms with van der Waals surface area (Å²) in [6, 6.07) is 16.5. The summed E-state index contributed by atoms with van der Waals surface area (Å²) in [6.07, 6.45) is 3.91. The number of hydrogen-bond acceptors (Lipinski definition) is 3. The lowest BCUT2D eigenvalue weighted by atomic mass is 9.86. The predicted molar refractivity (Wildman–Crippen MR) is 99.0 cm³/mol. The van der Waals surface area contributed by atoms with Gasteiger partial charge in [-0.1, -0.05) is 47.9 Å². The van der Waals surface area contributed by atoms with E-state index in [1.54, 1.807) is 0 Å². The van der Waals surface area contributed by atoms with Crippen LogP contribution in [0.5, 0.6) is 0 Å². The third-order valence-electron chi connectivity index (χ3n) is 5.49. The average molecular weight is 334 g/mol. The zero-order valence-electron chi connectivity index (χ0n) is 14.1. The second-order valence-electron chi connectivity index (χ2n) is 6.89. The van der Waals surface area contributed by atoms with Gasteiger partial charge in [-0.3, -0.25) is 0 Å². The number of benzene rings is 2. The fourth-order valence-corrected chi connectivity index (χ4v) is 4.28. The minimum Gasteiger partial charge on any atom is -0.391 e. The smallest absolute Gasteiger partial charge is 0.0832 e. The Labute approximate surface area is 147 Å². The van der Waals surface area contributed by atoms with Crippen LogP contribution in [0.1, 0.15) is 30.4 Å². The van der Waals surface area contributed by atoms with E-state index in [2.05, 4.69) is 63.5 Å². The summed E-state index contributed by atoms with van der Waals surface area (Å²) in [4.78, 5) is 5.24. The van der Waals surface area contributed by atoms with Crippen molar-refractivity contribution in [2.24, 2.45) is 5.11 Å². The van der Waals surface area contributed by atoms with Crippen molar-refractivity contribution in [1.82, 2.24) is 0 Å². The predicted octanol–water partition coefficient (Wildman–Crippen LogP) is 4.52. The number of rotatable bonds is 2. The Morgan fingerprint density at radius 1 is 0.960 bits per heavy atom. The minimum atomic E-state index is -0.663. The topological polar surface area (TPSA) is 72.2 Å². The molecule has 0 spiro atoms. The molecule has 1 heterocycles. The minimum absolute atomic E-state index is 0.0790. The van der Waals surface area contributed by atoms with Gasteiger partial charge in [0.25, 0.3) is 0 Å². The third-order valence-corrected chi connectivity index (χ3v) is 5.49. The van der Waals surface area contributed by atoms with E-state index in [1.807, 2.05) is 0 Å². The van der Waals surface area contributed by atoms with E-state index in [0.717, 1.165) is 43.5 Å². The fraction of sp³-hybridized carbons (Fsp3) is 0.400. The molecule has 0 radical (unpaired) electrons. The van der Waals surface area contributed by atoms with E-state index in [4.69, 9.17) is 5.53 Å². The zero-order valence-corrected chi connectivity index (χ0v) is 14.1. The van der Waals surface area contributed by atoms with Gasteiger partial charge in [-0.15, -0.1) is 0 Å². The molecular formula is C20H22N4O. The number of aryl methyl sites for hydroxylation is 2. The first kappa shape index (κ1) is 16.0. The highest BCUT2D eigenvalue weighted by atomic mass is 16.3. The maximum Gasteiger partial charge on any atom is 0.0832 e. The molecule has 128 valence electrons. The number of fused-ring (bicyclic) bond motifs is 2. The first-order valence-corrected chi connectivity index (χ1v) is 8.97. The van der Waals surface area contributed by atoms with Gasteiger partial charge in [0.15, 0.2) is 0 Å². The quantitative estimate of drug-likeness (QED) is 0.498. The number of aliphatic hydroxyl groups excluding tert-OH is 1. The molecule has 1 saturated carbocycles. The van der Waals surface area contributed by atoms with Crippen LogP contribution < -0.4 is 4.90 Å². The van der Waals surface area contributed by atoms with Crippen LogP contribution in [0.3, 0.4) is 0 Å². The summed E-state index contributed by atoms with van der Waals surface area (Å²) in [5.41, 5.74) is 13.8. The van der Waals surface area contributed by atoms with Crippen LogP contribution in [-0.4, -0.2) is 23.3 Å². The molecule has 2 aliphatic rings. The van der Waals surface area contributed by atoms with E-state index < -0.39 is 6.10 Å². The highest BCUT2D eigenvalue weighted by Gasteiger charge is 2.37. The number of nitrogens with zero attached hydrogens (tertiary/aromatic N) is 4. The molecule has 5 nitrogen and oxygen atoms in total. The van der Waals surface area contributed by atoms with Gasteiger partial charge in [0.05, 0.1) is 18.2 Å². The molecule has 2 aromatic rings. The van der Waals surface area contributed by atoms with Gasteiger partial charge in [-0.05, 0) is 54.5 Å². The maximum atomic E-state index is 10.9. The van der Waals surface area contributed by atoms with E-state index in [9.17, 15) is 5.11 Å². The van der Waals surface area contributed by atoms with Gasteiger partial charge in [-0.25, -0.2) is 0 Å². The number of anilines is 2. The molecule has 1 aliphatic heterocycles. The highest BCUT2D eigenvalue weighted by molar-refractivity contribution is 5.72. The molecule has 2 aromatic carbocycles. The molecule has 0 unspecified atom stereocenters. The molecular weight excluding hydrogens is 312 g/mol. The van der Waals surface area contributed by atoms with Crippen molar-refractivity contribution in [3.63, 3.8) is 0 Å². The van der Waals surface area contributed by atoms with Crippen LogP contribution in [0.2, 0.25) is 0 Å². The van der Waals surface area contributed by atoms with Crippen molar-refractivity contribution >= 4 is 11.4 Å². The largest absolute Gasteiger partial charge is 0.391 e. The molecule has 1 fully saturated rings. The van der Waals surface area contributed by atoms with Crippen molar-refractivity contribution in [2.45, 2.75) is 50.3 Å². The van der Waals surface area contributed by atoms with Crippen molar-refractivity contribution in [2.75, 3.05) is 4.90 Å². The number of aliphatic hydroxyl groups is 1. The van der Waals surface area contributed by atoms with Gasteiger partial charge < -0.3 is 10.0 Å². The van der Waals surface area contributed by atoms with Crippen molar-refractivity contribution in [3.8, 4) is 0 Å². The van der Waals surface area contributed by atoms with Crippen LogP contribution in [-0.2, 0) is 12.8 Å². The molecule has 1 aliphatic carbocycles. The molecule has 5 heteroatoms. The average Bonchev–Trinajstić information content (AvgIpc) is 2.81. The lowest BCUT2D eigenvalue weighted by Gasteiger charge is -2.42. The second kappa shape index (κ2) is 6.79. The molecule has 25 heavy (non-hydrogen) atoms. The Kier molecular flexibility index (Phi) is 4.35. The van der Waals surface area contributed by atoms with Crippen molar-refractivity contribution in [1.29, 1.82) is 0 Å². The summed E-state index contributed by atoms with van der Waals surface area (Å²) in [6.45, 7) is 0. The van der Waals surface area contributed by atoms with Crippen LogP contribution in [0.15, 0.2) is 53.6 Å². The van der Waals surface area contributed by atoms with Gasteiger partial charge >= 0.3 is 0 Å². The van der Waals surface area contributed by atoms with Crippen molar-refractivity contribution < 1.29 is 5.11 Å². The van der Waals surface area contributed by atoms with Crippen molar-refractivity contribution in [3.05, 3.63) is 70.1 Å². The normalized spacial score (nSPS) is 25.3. The molecule has 3 atom stereocenters. The molecule has 0 amide bonds. The monoisotopic (exact) mass is 334 g/mol. The maximum absolute atomic E-state index is 10.9. The van der Waals surface area contributed by atoms with E-state index >= 15 is 0 Å². The molecule has 1 N–H and O–H groups in total. The highest BCUT2D eigenvalue weighted by Crippen LogP contribution is 2.41. The molecule has 0 bridgehead atoms. The van der Waals surface area contributed by atoms with Crippen LogP contribution in [0.25, 0.3) is 10.4 Å². The summed E-state index contributed by atoms with van der Waals surface area (Å²) in [5.74, 6) is 0. The lowest BCUT2D eigenvalue weighted by molar-refractivity contribution is 0.0879. The second-order valence-corrected chi connectivity index (χ2v) is 6.89. The first-order valence-electron chi connectivity index (χ1n) is 8.97. The van der Waals surface area contributed by atoms with Gasteiger partial charge in [0.2, 0.25) is 0 Å². The Hall–Kier alpha value is -2.49. The van der Waals surface area contributed by atoms with Gasteiger partial charge in [-0.2, -0.15) is 0 Å². The molecule has 0 saturated heterocycles. The van der Waals surface area contributed by atoms with E-state index in [-0.39, 0.29) is 12.1 Å². The summed E-state index contributed by atoms with van der Waals surface area (Å²) in [7, 11) is 0. The van der Waals surface area contributed by atoms with Gasteiger partial charge in [0.1, 0.15) is 0 Å². The third kappa shape index (κ3) is 2.86. The number of azide groups is 1. The zero-order chi connectivity index (χ0) is 17.2. The summed E-state index contributed by atoms with van der Waals surface area (Å²) in [5, 5.41) is 14.8. The van der Waals surface area contributed by atoms with Crippen LogP contribution in [0.4, 0.5) is 11.4 Å². The Bertz CT molecular complexity index is 767. The fourth-order valence-electron chi connectivity index (χ4n) is 4.28. The SMILES string of the molecule is [N-]=[N+]=N[C@H]1CCC[C@@H](N2c3ccccc3CCc3ccccc32)[C@@H]1O. The van der Waals surface area contributed by atoms with Gasteiger partial charge in [0, 0.05) is 16.3 Å². The first-order chi connectivity index (χ1) is 12.3. The van der Waals surface area contributed by atoms with Crippen LogP contribution in [0, 0.1) is 0 Å². The summed E-state index contributed by atoms with van der Waals surface area (Å²) >= 11 is 0. The summed E-state index contributed by atoms with van der Waals surface area (Å²) < 4.78 is 0. The lowest BCUT2D eigenvalue weighted by Crippen LogP contribution is -2.49. The molecule has 4 rings (SSSR count). The Morgan fingerprint density at radius 2 is 1.56 bits per heavy atom. The Balaban J connectivity index is 1.83. The molecule has 0 aromatic heterocycles. The Morgan fingerprint density at radius 3 is 2.16 bits per heavy atom. The van der Waals surface area contributed by atoms with E-state index in [0.29, 0.717) is 0 Å². The number of hydrogen-bond donors (Lipinski definition) is 1. The van der Waals surface area contributed by atoms with Crippen LogP contribution >= 0.6 is 0 Å². The van der Waals surface area contributed by atoms with E-state index in [1.165, 1.54) is 11.1 Å². The standard InChI is InChI=1S/C20H22N4O/c21-23-22-16-8-5-11-19(20(16)25)24-17-9-3-1-6-14(17)12-13-15-7-2-4-10-18(15)24/h1-4,6-7,9-10,16,19-20,25H,5,8,11-13H2/t16-,19+,20+/m0/s1.